The zero-order valence-corrected chi connectivity index (χ0v) is 9.65. The molecular weight excluding hydrogens is 225 g/mol. The molecule has 0 aliphatic heterocycles. The van der Waals surface area contributed by atoms with Crippen molar-refractivity contribution >= 4 is 29.1 Å². The predicted molar refractivity (Wildman–Crippen MR) is 55.8 cm³/mol. The summed E-state index contributed by atoms with van der Waals surface area (Å²) in [6.07, 6.45) is 0. The fourth-order valence-corrected chi connectivity index (χ4v) is 1.30. The molecule has 4 nitrogen and oxygen atoms in total. The summed E-state index contributed by atoms with van der Waals surface area (Å²) in [6, 6.07) is 0.0525. The van der Waals surface area contributed by atoms with Crippen molar-refractivity contribution in [3.8, 4) is 0 Å². The van der Waals surface area contributed by atoms with E-state index in [1.165, 1.54) is 4.57 Å². The van der Waals surface area contributed by atoms with Gasteiger partial charge in [0.05, 0.1) is 0 Å². The van der Waals surface area contributed by atoms with Crippen LogP contribution < -0.4 is 5.32 Å². The Hall–Kier alpha value is -0.740. The molecule has 0 aliphatic rings. The van der Waals surface area contributed by atoms with Crippen molar-refractivity contribution in [2.45, 2.75) is 19.9 Å². The van der Waals surface area contributed by atoms with Gasteiger partial charge in [-0.3, -0.25) is 4.79 Å². The summed E-state index contributed by atoms with van der Waals surface area (Å²) in [5, 5.41) is 3.11. The smallest absolute Gasteiger partial charge is 0.287 e. The summed E-state index contributed by atoms with van der Waals surface area (Å²) < 4.78 is 1.45. The molecule has 0 spiro atoms. The molecule has 0 atom stereocenters. The number of hydrogen-bond donors (Lipinski definition) is 1. The van der Waals surface area contributed by atoms with Gasteiger partial charge in [-0.1, -0.05) is 23.2 Å². The van der Waals surface area contributed by atoms with Gasteiger partial charge >= 0.3 is 0 Å². The monoisotopic (exact) mass is 235 g/mol. The van der Waals surface area contributed by atoms with E-state index in [4.69, 9.17) is 23.2 Å². The number of nitrogens with one attached hydrogen (secondary N) is 1. The minimum atomic E-state index is -0.281. The summed E-state index contributed by atoms with van der Waals surface area (Å²) in [4.78, 5) is 15.4. The Kier molecular flexibility index (Phi) is 3.39. The third-order valence-corrected chi connectivity index (χ3v) is 2.40. The van der Waals surface area contributed by atoms with Crippen LogP contribution in [-0.4, -0.2) is 21.5 Å². The van der Waals surface area contributed by atoms with E-state index >= 15 is 0 Å². The maximum Gasteiger partial charge on any atom is 0.287 e. The van der Waals surface area contributed by atoms with Gasteiger partial charge in [0.1, 0.15) is 5.15 Å². The topological polar surface area (TPSA) is 46.9 Å². The summed E-state index contributed by atoms with van der Waals surface area (Å²) >= 11 is 11.4. The van der Waals surface area contributed by atoms with Crippen molar-refractivity contribution in [1.82, 2.24) is 14.9 Å². The number of imidazole rings is 1. The number of amides is 1. The van der Waals surface area contributed by atoms with Crippen molar-refractivity contribution < 1.29 is 4.79 Å². The van der Waals surface area contributed by atoms with Gasteiger partial charge in [0, 0.05) is 13.1 Å². The van der Waals surface area contributed by atoms with Crippen LogP contribution in [0.3, 0.4) is 0 Å². The second kappa shape index (κ2) is 4.19. The van der Waals surface area contributed by atoms with Crippen LogP contribution in [0.25, 0.3) is 0 Å². The molecule has 0 radical (unpaired) electrons. The van der Waals surface area contributed by atoms with E-state index < -0.39 is 0 Å². The molecule has 14 heavy (non-hydrogen) atoms. The molecule has 0 saturated carbocycles. The molecule has 6 heteroatoms. The highest BCUT2D eigenvalue weighted by atomic mass is 35.5. The number of carbonyl (C=O) groups is 1. The Morgan fingerprint density at radius 1 is 1.50 bits per heavy atom. The van der Waals surface area contributed by atoms with Gasteiger partial charge in [-0.25, -0.2) is 4.98 Å². The first kappa shape index (κ1) is 11.3. The van der Waals surface area contributed by atoms with Crippen LogP contribution in [0.4, 0.5) is 0 Å². The first-order valence-electron chi connectivity index (χ1n) is 4.12. The largest absolute Gasteiger partial charge is 0.347 e. The van der Waals surface area contributed by atoms with Crippen LogP contribution in [-0.2, 0) is 7.05 Å². The summed E-state index contributed by atoms with van der Waals surface area (Å²) in [5.41, 5.74) is 0. The lowest BCUT2D eigenvalue weighted by Crippen LogP contribution is -2.32. The molecule has 1 N–H and O–H groups in total. The quantitative estimate of drug-likeness (QED) is 0.851. The molecule has 0 bridgehead atoms. The van der Waals surface area contributed by atoms with Gasteiger partial charge in [0.25, 0.3) is 5.91 Å². The molecule has 1 amide bonds. The second-order valence-electron chi connectivity index (χ2n) is 3.20. The molecular formula is C8H11Cl2N3O. The Morgan fingerprint density at radius 3 is 2.43 bits per heavy atom. The lowest BCUT2D eigenvalue weighted by molar-refractivity contribution is 0.0929. The minimum absolute atomic E-state index is 0.0525. The van der Waals surface area contributed by atoms with E-state index in [2.05, 4.69) is 10.3 Å². The highest BCUT2D eigenvalue weighted by molar-refractivity contribution is 6.40. The van der Waals surface area contributed by atoms with E-state index in [-0.39, 0.29) is 28.1 Å². The molecule has 1 aromatic rings. The Labute approximate surface area is 92.2 Å². The third kappa shape index (κ3) is 2.19. The Bertz CT molecular complexity index is 360. The summed E-state index contributed by atoms with van der Waals surface area (Å²) in [5.74, 6) is -0.0648. The predicted octanol–water partition coefficient (Wildman–Crippen LogP) is 1.87. The molecule has 1 heterocycles. The Balaban J connectivity index is 2.96. The Morgan fingerprint density at radius 2 is 2.07 bits per heavy atom. The van der Waals surface area contributed by atoms with E-state index in [0.29, 0.717) is 0 Å². The van der Waals surface area contributed by atoms with Crippen LogP contribution in [0.2, 0.25) is 10.3 Å². The van der Waals surface area contributed by atoms with Crippen LogP contribution in [0.1, 0.15) is 24.5 Å². The zero-order valence-electron chi connectivity index (χ0n) is 8.14. The SMILES string of the molecule is CC(C)NC(=O)c1nc(Cl)c(Cl)n1C. The maximum absolute atomic E-state index is 11.5. The normalized spacial score (nSPS) is 10.7. The minimum Gasteiger partial charge on any atom is -0.347 e. The molecule has 0 aliphatic carbocycles. The standard InChI is InChI=1S/C8H11Cl2N3O/c1-4(2)11-8(14)7-12-5(9)6(10)13(7)3/h4H,1-3H3,(H,11,14). The number of halogens is 2. The fourth-order valence-electron chi connectivity index (χ4n) is 0.975. The first-order valence-corrected chi connectivity index (χ1v) is 4.87. The average molecular weight is 236 g/mol. The van der Waals surface area contributed by atoms with Gasteiger partial charge in [0.15, 0.2) is 5.15 Å². The second-order valence-corrected chi connectivity index (χ2v) is 3.92. The molecule has 0 aromatic carbocycles. The van der Waals surface area contributed by atoms with Crippen molar-refractivity contribution in [1.29, 1.82) is 0 Å². The highest BCUT2D eigenvalue weighted by Crippen LogP contribution is 2.21. The van der Waals surface area contributed by atoms with Gasteiger partial charge < -0.3 is 9.88 Å². The van der Waals surface area contributed by atoms with Crippen molar-refractivity contribution in [3.63, 3.8) is 0 Å². The number of hydrogen-bond acceptors (Lipinski definition) is 2. The molecule has 0 saturated heterocycles. The molecule has 1 rings (SSSR count). The van der Waals surface area contributed by atoms with Gasteiger partial charge in [-0.15, -0.1) is 0 Å². The molecule has 1 aromatic heterocycles. The lowest BCUT2D eigenvalue weighted by atomic mass is 10.4. The van der Waals surface area contributed by atoms with Crippen LogP contribution in [0.5, 0.6) is 0 Å². The van der Waals surface area contributed by atoms with Crippen LogP contribution in [0.15, 0.2) is 0 Å². The van der Waals surface area contributed by atoms with E-state index in [0.717, 1.165) is 0 Å². The highest BCUT2D eigenvalue weighted by Gasteiger charge is 2.17. The lowest BCUT2D eigenvalue weighted by Gasteiger charge is -2.07. The number of carbonyl (C=O) groups excluding carboxylic acids is 1. The van der Waals surface area contributed by atoms with Gasteiger partial charge in [-0.05, 0) is 13.8 Å². The number of rotatable bonds is 2. The fraction of sp³-hybridized carbons (Fsp3) is 0.500. The maximum atomic E-state index is 11.5. The van der Waals surface area contributed by atoms with Gasteiger partial charge in [-0.2, -0.15) is 0 Å². The first-order chi connectivity index (χ1) is 6.43. The number of nitrogens with zero attached hydrogens (tertiary/aromatic N) is 2. The third-order valence-electron chi connectivity index (χ3n) is 1.61. The molecule has 0 fully saturated rings. The van der Waals surface area contributed by atoms with Crippen LogP contribution >= 0.6 is 23.2 Å². The summed E-state index contributed by atoms with van der Waals surface area (Å²) in [6.45, 7) is 3.73. The summed E-state index contributed by atoms with van der Waals surface area (Å²) in [7, 11) is 1.64. The average Bonchev–Trinajstić information content (AvgIpc) is 2.32. The zero-order chi connectivity index (χ0) is 10.9. The number of aromatic nitrogens is 2. The van der Waals surface area contributed by atoms with Crippen molar-refractivity contribution in [2.24, 2.45) is 7.05 Å². The van der Waals surface area contributed by atoms with Gasteiger partial charge in [0.2, 0.25) is 5.82 Å². The molecule has 78 valence electrons. The van der Waals surface area contributed by atoms with Crippen molar-refractivity contribution in [2.75, 3.05) is 0 Å². The van der Waals surface area contributed by atoms with Crippen molar-refractivity contribution in [3.05, 3.63) is 16.1 Å². The van der Waals surface area contributed by atoms with E-state index in [1.807, 2.05) is 13.8 Å². The molecule has 0 unspecified atom stereocenters. The van der Waals surface area contributed by atoms with E-state index in [1.54, 1.807) is 7.05 Å². The van der Waals surface area contributed by atoms with E-state index in [9.17, 15) is 4.79 Å². The van der Waals surface area contributed by atoms with Crippen LogP contribution in [0, 0.1) is 0 Å².